The molecule has 0 aromatic heterocycles. The quantitative estimate of drug-likeness (QED) is 0.413. The van der Waals surface area contributed by atoms with Crippen molar-refractivity contribution in [2.45, 2.75) is 12.8 Å². The van der Waals surface area contributed by atoms with Crippen LogP contribution in [0.1, 0.15) is 12.8 Å². The van der Waals surface area contributed by atoms with Crippen LogP contribution in [0.2, 0.25) is 0 Å². The van der Waals surface area contributed by atoms with E-state index in [9.17, 15) is 4.79 Å². The van der Waals surface area contributed by atoms with Crippen molar-refractivity contribution in [1.29, 1.82) is 5.41 Å². The maximum Gasteiger partial charge on any atom is 0.167 e. The van der Waals surface area contributed by atoms with Crippen LogP contribution in [0.5, 0.6) is 0 Å². The summed E-state index contributed by atoms with van der Waals surface area (Å²) in [5.74, 6) is 2.28. The average Bonchev–Trinajstić information content (AvgIpc) is 2.45. The first-order valence-electron chi connectivity index (χ1n) is 2.64. The van der Waals surface area contributed by atoms with E-state index in [2.05, 4.69) is 0 Å². The van der Waals surface area contributed by atoms with Gasteiger partial charge in [0.25, 0.3) is 0 Å². The van der Waals surface area contributed by atoms with Crippen molar-refractivity contribution < 1.29 is 4.79 Å². The number of nitrogens with one attached hydrogen (secondary N) is 1. The number of ketones is 1. The summed E-state index contributed by atoms with van der Waals surface area (Å²) in [5, 5.41) is 6.43. The lowest BCUT2D eigenvalue weighted by Crippen LogP contribution is -1.92. The Kier molecular flexibility index (Phi) is 1.27. The van der Waals surface area contributed by atoms with Crippen LogP contribution in [0.15, 0.2) is 6.08 Å². The molecule has 0 aromatic rings. The Morgan fingerprint density at radius 1 is 1.75 bits per heavy atom. The first-order chi connectivity index (χ1) is 3.84. The summed E-state index contributed by atoms with van der Waals surface area (Å²) in [6.45, 7) is 0. The van der Waals surface area contributed by atoms with Gasteiger partial charge in [-0.25, -0.2) is 0 Å². The summed E-state index contributed by atoms with van der Waals surface area (Å²) in [4.78, 5) is 10.6. The second-order valence-electron chi connectivity index (χ2n) is 1.97. The predicted molar refractivity (Wildman–Crippen MR) is 30.0 cm³/mol. The minimum Gasteiger partial charge on any atom is -0.294 e. The summed E-state index contributed by atoms with van der Waals surface area (Å²) in [6.07, 6.45) is 3.23. The lowest BCUT2D eigenvalue weighted by Gasteiger charge is -1.78. The third-order valence-corrected chi connectivity index (χ3v) is 1.19. The molecule has 0 aromatic carbocycles. The monoisotopic (exact) mass is 109 g/mol. The Labute approximate surface area is 47.7 Å². The normalized spacial score (nSPS) is 17.0. The van der Waals surface area contributed by atoms with Crippen LogP contribution in [0.3, 0.4) is 0 Å². The molecule has 0 unspecified atom stereocenters. The van der Waals surface area contributed by atoms with Crippen molar-refractivity contribution in [2.75, 3.05) is 0 Å². The van der Waals surface area contributed by atoms with Gasteiger partial charge in [-0.3, -0.25) is 10.2 Å². The Hall–Kier alpha value is -0.880. The molecule has 0 saturated heterocycles. The highest BCUT2D eigenvalue weighted by molar-refractivity contribution is 5.99. The van der Waals surface area contributed by atoms with Gasteiger partial charge in [0, 0.05) is 12.0 Å². The van der Waals surface area contributed by atoms with Crippen LogP contribution in [-0.4, -0.2) is 11.7 Å². The van der Waals surface area contributed by atoms with Gasteiger partial charge in [-0.05, 0) is 18.7 Å². The highest BCUT2D eigenvalue weighted by atomic mass is 16.1. The second-order valence-corrected chi connectivity index (χ2v) is 1.97. The number of allylic oxidation sites excluding steroid dienone is 1. The molecule has 0 heterocycles. The molecule has 0 spiro atoms. The summed E-state index contributed by atoms with van der Waals surface area (Å²) in [7, 11) is 0. The van der Waals surface area contributed by atoms with E-state index in [0.717, 1.165) is 12.8 Å². The van der Waals surface area contributed by atoms with Gasteiger partial charge in [-0.15, -0.1) is 0 Å². The van der Waals surface area contributed by atoms with Gasteiger partial charge in [0.15, 0.2) is 5.78 Å². The van der Waals surface area contributed by atoms with Crippen molar-refractivity contribution in [3.05, 3.63) is 6.08 Å². The molecule has 2 nitrogen and oxygen atoms in total. The average molecular weight is 109 g/mol. The van der Waals surface area contributed by atoms with Gasteiger partial charge in [0.2, 0.25) is 0 Å². The highest BCUT2D eigenvalue weighted by Crippen LogP contribution is 2.29. The summed E-state index contributed by atoms with van der Waals surface area (Å²) in [6, 6.07) is 0. The third kappa shape index (κ3) is 1.04. The van der Waals surface area contributed by atoms with Crippen molar-refractivity contribution in [3.63, 3.8) is 0 Å². The van der Waals surface area contributed by atoms with Gasteiger partial charge in [0.05, 0.1) is 0 Å². The molecule has 42 valence electrons. The fraction of sp³-hybridized carbons (Fsp3) is 0.500. The molecule has 1 fully saturated rings. The standard InChI is InChI=1S/C6H7NO/c7-4-3-6(8)5-1-2-5/h3,5,7H,1-2H2. The van der Waals surface area contributed by atoms with E-state index in [1.165, 1.54) is 6.08 Å². The van der Waals surface area contributed by atoms with Crippen LogP contribution in [0.4, 0.5) is 0 Å². The zero-order valence-electron chi connectivity index (χ0n) is 4.48. The fourth-order valence-corrected chi connectivity index (χ4v) is 0.557. The Bertz CT molecular complexity index is 152. The largest absolute Gasteiger partial charge is 0.294 e. The molecule has 0 aliphatic heterocycles. The zero-order valence-corrected chi connectivity index (χ0v) is 4.48. The van der Waals surface area contributed by atoms with Crippen molar-refractivity contribution in [2.24, 2.45) is 5.92 Å². The number of hydrogen-bond donors (Lipinski definition) is 1. The Morgan fingerprint density at radius 3 is 2.75 bits per heavy atom. The molecule has 0 radical (unpaired) electrons. The van der Waals surface area contributed by atoms with Crippen molar-refractivity contribution >= 4 is 11.7 Å². The molecule has 1 rings (SSSR count). The molecular weight excluding hydrogens is 102 g/mol. The van der Waals surface area contributed by atoms with Crippen LogP contribution in [0, 0.1) is 11.3 Å². The fourth-order valence-electron chi connectivity index (χ4n) is 0.557. The van der Waals surface area contributed by atoms with E-state index in [0.29, 0.717) is 0 Å². The number of carbonyl (C=O) groups excluding carboxylic acids is 1. The zero-order chi connectivity index (χ0) is 5.98. The molecule has 0 atom stereocenters. The van der Waals surface area contributed by atoms with Crippen LogP contribution >= 0.6 is 0 Å². The Balaban J connectivity index is 2.44. The molecule has 1 aliphatic rings. The van der Waals surface area contributed by atoms with Gasteiger partial charge in [-0.1, -0.05) is 0 Å². The van der Waals surface area contributed by atoms with Crippen LogP contribution < -0.4 is 0 Å². The molecule has 0 amide bonds. The Morgan fingerprint density at radius 2 is 2.38 bits per heavy atom. The maximum absolute atomic E-state index is 10.6. The minimum absolute atomic E-state index is 0.0694. The van der Waals surface area contributed by atoms with Crippen LogP contribution in [0.25, 0.3) is 0 Å². The first-order valence-corrected chi connectivity index (χ1v) is 2.64. The summed E-state index contributed by atoms with van der Waals surface area (Å²) < 4.78 is 0. The number of carbonyl (C=O) groups is 1. The minimum atomic E-state index is 0.0694. The molecular formula is C6H7NO. The smallest absolute Gasteiger partial charge is 0.167 e. The van der Waals surface area contributed by atoms with Crippen molar-refractivity contribution in [3.8, 4) is 0 Å². The molecule has 0 bridgehead atoms. The molecule has 1 aliphatic carbocycles. The van der Waals surface area contributed by atoms with E-state index in [1.54, 1.807) is 0 Å². The van der Waals surface area contributed by atoms with Gasteiger partial charge >= 0.3 is 0 Å². The number of rotatable bonds is 2. The van der Waals surface area contributed by atoms with Gasteiger partial charge in [0.1, 0.15) is 0 Å². The molecule has 1 saturated carbocycles. The summed E-state index contributed by atoms with van der Waals surface area (Å²) >= 11 is 0. The second kappa shape index (κ2) is 1.93. The van der Waals surface area contributed by atoms with E-state index in [1.807, 2.05) is 5.87 Å². The topological polar surface area (TPSA) is 40.9 Å². The van der Waals surface area contributed by atoms with Crippen LogP contribution in [-0.2, 0) is 4.79 Å². The molecule has 8 heavy (non-hydrogen) atoms. The predicted octanol–water partition coefficient (Wildman–Crippen LogP) is 0.770. The van der Waals surface area contributed by atoms with E-state index in [4.69, 9.17) is 5.41 Å². The van der Waals surface area contributed by atoms with Gasteiger partial charge < -0.3 is 0 Å². The SMILES string of the molecule is N=C=CC(=O)C1CC1. The van der Waals surface area contributed by atoms with E-state index >= 15 is 0 Å². The number of hydrogen-bond acceptors (Lipinski definition) is 2. The lowest BCUT2D eigenvalue weighted by atomic mass is 10.3. The first kappa shape index (κ1) is 5.26. The third-order valence-electron chi connectivity index (χ3n) is 1.19. The maximum atomic E-state index is 10.6. The lowest BCUT2D eigenvalue weighted by molar-refractivity contribution is -0.115. The molecule has 2 heteroatoms. The van der Waals surface area contributed by atoms with E-state index in [-0.39, 0.29) is 11.7 Å². The van der Waals surface area contributed by atoms with E-state index < -0.39 is 0 Å². The van der Waals surface area contributed by atoms with Crippen molar-refractivity contribution in [1.82, 2.24) is 0 Å². The van der Waals surface area contributed by atoms with Gasteiger partial charge in [-0.2, -0.15) is 0 Å². The summed E-state index contributed by atoms with van der Waals surface area (Å²) in [5.41, 5.74) is 0. The highest BCUT2D eigenvalue weighted by Gasteiger charge is 2.27. The molecule has 1 N–H and O–H groups in total.